The average Bonchev–Trinajstić information content (AvgIpc) is 2.92. The van der Waals surface area contributed by atoms with Gasteiger partial charge in [0.2, 0.25) is 5.91 Å². The Morgan fingerprint density at radius 1 is 1.19 bits per heavy atom. The number of nitrogens with zero attached hydrogens (tertiary/aromatic N) is 3. The molecule has 3 fully saturated rings. The van der Waals surface area contributed by atoms with Gasteiger partial charge < -0.3 is 0 Å². The number of rotatable bonds is 1. The predicted octanol–water partition coefficient (Wildman–Crippen LogP) is 2.80. The van der Waals surface area contributed by atoms with Gasteiger partial charge in [-0.1, -0.05) is 28.1 Å². The summed E-state index contributed by atoms with van der Waals surface area (Å²) in [5, 5.41) is 6.43. The lowest BCUT2D eigenvalue weighted by molar-refractivity contribution is -0.131. The molecule has 0 radical (unpaired) electrons. The lowest BCUT2D eigenvalue weighted by Crippen LogP contribution is -2.56. The third kappa shape index (κ3) is 2.06. The molecule has 4 aliphatic rings. The second-order valence-corrected chi connectivity index (χ2v) is 7.06. The summed E-state index contributed by atoms with van der Waals surface area (Å²) in [6.07, 6.45) is 2.38. The Morgan fingerprint density at radius 3 is 2.48 bits per heavy atom. The fourth-order valence-corrected chi connectivity index (χ4v) is 4.24. The summed E-state index contributed by atoms with van der Waals surface area (Å²) in [7, 11) is 0. The van der Waals surface area contributed by atoms with Gasteiger partial charge in [-0.25, -0.2) is 5.01 Å². The molecule has 110 valence electrons. The van der Waals surface area contributed by atoms with Gasteiger partial charge in [-0.2, -0.15) is 5.10 Å². The van der Waals surface area contributed by atoms with Crippen molar-refractivity contribution in [3.05, 3.63) is 34.3 Å². The Labute approximate surface area is 132 Å². The van der Waals surface area contributed by atoms with Gasteiger partial charge >= 0.3 is 0 Å². The lowest BCUT2D eigenvalue weighted by Gasteiger charge is -2.46. The molecule has 4 nitrogen and oxygen atoms in total. The maximum absolute atomic E-state index is 12.1. The Bertz CT molecular complexity index is 604. The number of hydrogen-bond acceptors (Lipinski definition) is 3. The molecule has 0 N–H and O–H groups in total. The van der Waals surface area contributed by atoms with Crippen molar-refractivity contribution in [2.24, 2.45) is 11.0 Å². The fraction of sp³-hybridized carbons (Fsp3) is 0.500. The Hall–Kier alpha value is -1.20. The minimum atomic E-state index is 0.0328. The van der Waals surface area contributed by atoms with E-state index < -0.39 is 0 Å². The molecule has 1 aromatic rings. The standard InChI is InChI=1S/C16H18BrN3O/c1-10(21)20-15(12-2-4-13(17)5-3-12)16-14(18-20)11-6-8-19(16)9-7-11/h2-5,11,15-16H,6-9H2,1H3/t15-,16-/m0/s1. The number of amides is 1. The molecule has 0 saturated carbocycles. The molecule has 5 rings (SSSR count). The molecule has 2 atom stereocenters. The number of carbonyl (C=O) groups excluding carboxylic acids is 1. The highest BCUT2D eigenvalue weighted by molar-refractivity contribution is 9.10. The van der Waals surface area contributed by atoms with E-state index in [1.165, 1.54) is 24.1 Å². The zero-order valence-electron chi connectivity index (χ0n) is 12.0. The van der Waals surface area contributed by atoms with Crippen molar-refractivity contribution in [2.75, 3.05) is 13.1 Å². The highest BCUT2D eigenvalue weighted by atomic mass is 79.9. The van der Waals surface area contributed by atoms with Crippen LogP contribution in [0.4, 0.5) is 0 Å². The molecule has 4 heterocycles. The fourth-order valence-electron chi connectivity index (χ4n) is 3.97. The first-order valence-corrected chi connectivity index (χ1v) is 8.32. The molecule has 5 heteroatoms. The van der Waals surface area contributed by atoms with Crippen molar-refractivity contribution in [1.82, 2.24) is 9.91 Å². The third-order valence-electron chi connectivity index (χ3n) is 4.96. The van der Waals surface area contributed by atoms with Crippen LogP contribution in [0, 0.1) is 5.92 Å². The molecule has 0 aliphatic carbocycles. The first-order valence-electron chi connectivity index (χ1n) is 7.53. The smallest absolute Gasteiger partial charge is 0.240 e. The van der Waals surface area contributed by atoms with Gasteiger partial charge in [-0.15, -0.1) is 0 Å². The second kappa shape index (κ2) is 4.92. The van der Waals surface area contributed by atoms with Crippen LogP contribution in [0.3, 0.4) is 0 Å². The Morgan fingerprint density at radius 2 is 1.86 bits per heavy atom. The number of hydrogen-bond donors (Lipinski definition) is 0. The summed E-state index contributed by atoms with van der Waals surface area (Å²) in [6.45, 7) is 3.88. The van der Waals surface area contributed by atoms with Gasteiger partial charge in [0.25, 0.3) is 0 Å². The minimum absolute atomic E-state index is 0.0328. The summed E-state index contributed by atoms with van der Waals surface area (Å²) >= 11 is 3.48. The normalized spacial score (nSPS) is 33.8. The number of halogens is 1. The van der Waals surface area contributed by atoms with Crippen LogP contribution in [0.2, 0.25) is 0 Å². The molecular weight excluding hydrogens is 330 g/mol. The number of piperidine rings is 3. The molecule has 1 aromatic carbocycles. The van der Waals surface area contributed by atoms with Crippen LogP contribution in [-0.2, 0) is 4.79 Å². The van der Waals surface area contributed by atoms with E-state index in [2.05, 4.69) is 33.0 Å². The number of hydrazone groups is 1. The van der Waals surface area contributed by atoms with Crippen LogP contribution in [0.1, 0.15) is 31.4 Å². The maximum Gasteiger partial charge on any atom is 0.240 e. The highest BCUT2D eigenvalue weighted by Gasteiger charge is 2.50. The molecule has 0 spiro atoms. The van der Waals surface area contributed by atoms with E-state index in [-0.39, 0.29) is 18.0 Å². The zero-order chi connectivity index (χ0) is 14.6. The summed E-state index contributed by atoms with van der Waals surface area (Å²) in [5.74, 6) is 0.604. The average molecular weight is 348 g/mol. The summed E-state index contributed by atoms with van der Waals surface area (Å²) in [5.41, 5.74) is 2.40. The molecule has 1 amide bonds. The second-order valence-electron chi connectivity index (χ2n) is 6.14. The van der Waals surface area contributed by atoms with Crippen LogP contribution < -0.4 is 0 Å². The van der Waals surface area contributed by atoms with E-state index in [0.717, 1.165) is 17.6 Å². The zero-order valence-corrected chi connectivity index (χ0v) is 13.6. The number of fused-ring (bicyclic) bond motifs is 2. The first-order chi connectivity index (χ1) is 10.1. The Kier molecular flexibility index (Phi) is 3.15. The largest absolute Gasteiger partial charge is 0.293 e. The van der Waals surface area contributed by atoms with Crippen molar-refractivity contribution in [1.29, 1.82) is 0 Å². The van der Waals surface area contributed by atoms with E-state index in [9.17, 15) is 4.79 Å². The van der Waals surface area contributed by atoms with E-state index >= 15 is 0 Å². The van der Waals surface area contributed by atoms with E-state index in [0.29, 0.717) is 5.92 Å². The van der Waals surface area contributed by atoms with Gasteiger partial charge in [-0.05, 0) is 43.6 Å². The predicted molar refractivity (Wildman–Crippen MR) is 84.9 cm³/mol. The molecule has 0 aromatic heterocycles. The van der Waals surface area contributed by atoms with Crippen molar-refractivity contribution in [2.45, 2.75) is 31.8 Å². The van der Waals surface area contributed by atoms with Crippen LogP contribution in [0.25, 0.3) is 0 Å². The van der Waals surface area contributed by atoms with Gasteiger partial charge in [0.15, 0.2) is 0 Å². The first kappa shape index (κ1) is 13.5. The van der Waals surface area contributed by atoms with Crippen LogP contribution >= 0.6 is 15.9 Å². The van der Waals surface area contributed by atoms with Crippen molar-refractivity contribution < 1.29 is 4.79 Å². The molecule has 4 aliphatic heterocycles. The van der Waals surface area contributed by atoms with Crippen LogP contribution in [-0.4, -0.2) is 40.7 Å². The van der Waals surface area contributed by atoms with E-state index in [1.54, 1.807) is 11.9 Å². The number of benzene rings is 1. The summed E-state index contributed by atoms with van der Waals surface area (Å²) in [4.78, 5) is 14.6. The topological polar surface area (TPSA) is 35.9 Å². The van der Waals surface area contributed by atoms with Crippen LogP contribution in [0.15, 0.2) is 33.8 Å². The van der Waals surface area contributed by atoms with Gasteiger partial charge in [-0.3, -0.25) is 9.69 Å². The molecule has 3 saturated heterocycles. The van der Waals surface area contributed by atoms with Crippen LogP contribution in [0.5, 0.6) is 0 Å². The summed E-state index contributed by atoms with van der Waals surface area (Å²) in [6, 6.07) is 8.61. The number of carbonyl (C=O) groups is 1. The van der Waals surface area contributed by atoms with Gasteiger partial charge in [0.05, 0.1) is 11.8 Å². The molecule has 21 heavy (non-hydrogen) atoms. The lowest BCUT2D eigenvalue weighted by atomic mass is 9.78. The van der Waals surface area contributed by atoms with Gasteiger partial charge in [0.1, 0.15) is 6.04 Å². The molecule has 0 unspecified atom stereocenters. The SMILES string of the molecule is CC(=O)N1N=C2C3CCN(CC3)[C@@H]2[C@@H]1c1ccc(Br)cc1. The van der Waals surface area contributed by atoms with Crippen molar-refractivity contribution >= 4 is 27.5 Å². The van der Waals surface area contributed by atoms with Crippen molar-refractivity contribution in [3.63, 3.8) is 0 Å². The maximum atomic E-state index is 12.1. The molecular formula is C16H18BrN3O. The van der Waals surface area contributed by atoms with Crippen molar-refractivity contribution in [3.8, 4) is 0 Å². The molecule has 2 bridgehead atoms. The monoisotopic (exact) mass is 347 g/mol. The highest BCUT2D eigenvalue weighted by Crippen LogP contribution is 2.43. The summed E-state index contributed by atoms with van der Waals surface area (Å²) < 4.78 is 1.06. The van der Waals surface area contributed by atoms with E-state index in [4.69, 9.17) is 5.10 Å². The van der Waals surface area contributed by atoms with Gasteiger partial charge in [0, 0.05) is 17.3 Å². The Balaban J connectivity index is 1.77. The van der Waals surface area contributed by atoms with E-state index in [1.807, 2.05) is 12.1 Å². The quantitative estimate of drug-likeness (QED) is 0.783. The minimum Gasteiger partial charge on any atom is -0.293 e. The third-order valence-corrected chi connectivity index (χ3v) is 5.49.